The summed E-state index contributed by atoms with van der Waals surface area (Å²) in [5.74, 6) is -0.597. The van der Waals surface area contributed by atoms with Crippen molar-refractivity contribution in [2.75, 3.05) is 0 Å². The number of nitrogens with zero attached hydrogens (tertiary/aromatic N) is 3. The topological polar surface area (TPSA) is 109 Å². The SMILES string of the molecule is O=[N+]([O-])c1ncncc1B(O)O. The molecule has 8 heteroatoms. The molecule has 0 radical (unpaired) electrons. The van der Waals surface area contributed by atoms with E-state index >= 15 is 0 Å². The molecule has 0 aliphatic heterocycles. The van der Waals surface area contributed by atoms with Gasteiger partial charge in [0, 0.05) is 6.20 Å². The van der Waals surface area contributed by atoms with Gasteiger partial charge in [-0.15, -0.1) is 0 Å². The molecule has 1 aromatic heterocycles. The van der Waals surface area contributed by atoms with E-state index in [1.54, 1.807) is 0 Å². The molecule has 0 amide bonds. The van der Waals surface area contributed by atoms with E-state index in [0.717, 1.165) is 12.5 Å². The van der Waals surface area contributed by atoms with Crippen LogP contribution in [-0.4, -0.2) is 32.1 Å². The molecule has 12 heavy (non-hydrogen) atoms. The molecule has 0 aliphatic rings. The third kappa shape index (κ3) is 1.55. The normalized spacial score (nSPS) is 9.50. The van der Waals surface area contributed by atoms with Gasteiger partial charge in [-0.3, -0.25) is 0 Å². The highest BCUT2D eigenvalue weighted by Gasteiger charge is 2.24. The van der Waals surface area contributed by atoms with E-state index in [9.17, 15) is 10.1 Å². The Morgan fingerprint density at radius 2 is 2.25 bits per heavy atom. The second-order valence-electron chi connectivity index (χ2n) is 1.93. The molecule has 0 unspecified atom stereocenters. The Morgan fingerprint density at radius 3 is 2.67 bits per heavy atom. The van der Waals surface area contributed by atoms with Gasteiger partial charge in [0.15, 0.2) is 0 Å². The molecule has 0 bridgehead atoms. The van der Waals surface area contributed by atoms with Crippen LogP contribution in [0.2, 0.25) is 0 Å². The van der Waals surface area contributed by atoms with Crippen molar-refractivity contribution in [2.45, 2.75) is 0 Å². The standard InChI is InChI=1S/C4H4BN3O4/c9-5(10)3-1-6-2-7-4(3)8(11)12/h1-2,9-10H. The summed E-state index contributed by atoms with van der Waals surface area (Å²) in [6.07, 6.45) is 1.94. The van der Waals surface area contributed by atoms with E-state index in [1.165, 1.54) is 0 Å². The van der Waals surface area contributed by atoms with Gasteiger partial charge >= 0.3 is 12.9 Å². The molecule has 2 N–H and O–H groups in total. The summed E-state index contributed by atoms with van der Waals surface area (Å²) in [5.41, 5.74) is -0.317. The van der Waals surface area contributed by atoms with Gasteiger partial charge in [0.2, 0.25) is 6.33 Å². The van der Waals surface area contributed by atoms with Gasteiger partial charge in [0.25, 0.3) is 0 Å². The van der Waals surface area contributed by atoms with E-state index < -0.39 is 17.9 Å². The van der Waals surface area contributed by atoms with E-state index in [4.69, 9.17) is 10.0 Å². The molecular formula is C4H4BN3O4. The second-order valence-corrected chi connectivity index (χ2v) is 1.93. The molecule has 0 atom stereocenters. The highest BCUT2D eigenvalue weighted by Crippen LogP contribution is 1.99. The van der Waals surface area contributed by atoms with Gasteiger partial charge in [0.1, 0.15) is 0 Å². The van der Waals surface area contributed by atoms with Crippen molar-refractivity contribution in [3.05, 3.63) is 22.6 Å². The lowest BCUT2D eigenvalue weighted by Gasteiger charge is -1.97. The molecule has 0 aromatic carbocycles. The first kappa shape index (κ1) is 8.56. The third-order valence-corrected chi connectivity index (χ3v) is 1.17. The summed E-state index contributed by atoms with van der Waals surface area (Å²) in [4.78, 5) is 16.1. The lowest BCUT2D eigenvalue weighted by molar-refractivity contribution is -0.388. The summed E-state index contributed by atoms with van der Waals surface area (Å²) in [6, 6.07) is 0. The molecule has 0 saturated carbocycles. The number of hydrogen-bond donors (Lipinski definition) is 2. The van der Waals surface area contributed by atoms with Crippen LogP contribution in [0.3, 0.4) is 0 Å². The van der Waals surface area contributed by atoms with Crippen LogP contribution < -0.4 is 5.46 Å². The van der Waals surface area contributed by atoms with Gasteiger partial charge < -0.3 is 20.2 Å². The van der Waals surface area contributed by atoms with Crippen LogP contribution in [0.4, 0.5) is 5.82 Å². The fraction of sp³-hybridized carbons (Fsp3) is 0. The predicted molar refractivity (Wildman–Crippen MR) is 38.5 cm³/mol. The summed E-state index contributed by atoms with van der Waals surface area (Å²) >= 11 is 0. The van der Waals surface area contributed by atoms with Crippen molar-refractivity contribution in [1.29, 1.82) is 0 Å². The smallest absolute Gasteiger partial charge is 0.423 e. The predicted octanol–water partition coefficient (Wildman–Crippen LogP) is -1.94. The highest BCUT2D eigenvalue weighted by atomic mass is 16.6. The van der Waals surface area contributed by atoms with Gasteiger partial charge in [-0.05, 0) is 9.91 Å². The maximum atomic E-state index is 10.2. The number of nitro groups is 1. The first-order chi connectivity index (χ1) is 5.63. The molecule has 1 aromatic rings. The molecule has 0 fully saturated rings. The minimum Gasteiger partial charge on any atom is -0.423 e. The molecular weight excluding hydrogens is 165 g/mol. The summed E-state index contributed by atoms with van der Waals surface area (Å²) in [5, 5.41) is 27.5. The Balaban J connectivity index is 3.17. The molecule has 1 heterocycles. The Bertz CT molecular complexity index is 304. The minimum absolute atomic E-state index is 0.317. The van der Waals surface area contributed by atoms with Crippen molar-refractivity contribution in [3.8, 4) is 0 Å². The Labute approximate surface area is 67.0 Å². The van der Waals surface area contributed by atoms with Gasteiger partial charge in [-0.1, -0.05) is 0 Å². The summed E-state index contributed by atoms with van der Waals surface area (Å²) < 4.78 is 0. The van der Waals surface area contributed by atoms with Gasteiger partial charge in [-0.2, -0.15) is 0 Å². The Morgan fingerprint density at radius 1 is 1.58 bits per heavy atom. The van der Waals surface area contributed by atoms with Crippen molar-refractivity contribution in [1.82, 2.24) is 9.97 Å². The fourth-order valence-corrected chi connectivity index (χ4v) is 0.669. The Kier molecular flexibility index (Phi) is 2.31. The van der Waals surface area contributed by atoms with Crippen LogP contribution >= 0.6 is 0 Å². The minimum atomic E-state index is -1.92. The maximum Gasteiger partial charge on any atom is 0.498 e. The zero-order valence-electron chi connectivity index (χ0n) is 5.78. The van der Waals surface area contributed by atoms with E-state index in [2.05, 4.69) is 9.97 Å². The van der Waals surface area contributed by atoms with Gasteiger partial charge in [0.05, 0.1) is 5.46 Å². The van der Waals surface area contributed by atoms with Crippen LogP contribution in [-0.2, 0) is 0 Å². The van der Waals surface area contributed by atoms with Crippen molar-refractivity contribution >= 4 is 18.4 Å². The van der Waals surface area contributed by atoms with Crippen LogP contribution in [0.25, 0.3) is 0 Å². The van der Waals surface area contributed by atoms with Crippen LogP contribution in [0.15, 0.2) is 12.5 Å². The van der Waals surface area contributed by atoms with Crippen LogP contribution in [0.5, 0.6) is 0 Å². The summed E-state index contributed by atoms with van der Waals surface area (Å²) in [6.45, 7) is 0. The molecule has 0 saturated heterocycles. The zero-order chi connectivity index (χ0) is 9.14. The van der Waals surface area contributed by atoms with E-state index in [1.807, 2.05) is 0 Å². The summed E-state index contributed by atoms with van der Waals surface area (Å²) in [7, 11) is -1.92. The largest absolute Gasteiger partial charge is 0.498 e. The number of aromatic nitrogens is 2. The van der Waals surface area contributed by atoms with Crippen LogP contribution in [0.1, 0.15) is 0 Å². The first-order valence-corrected chi connectivity index (χ1v) is 2.93. The number of rotatable bonds is 2. The number of hydrogen-bond acceptors (Lipinski definition) is 6. The van der Waals surface area contributed by atoms with Crippen molar-refractivity contribution in [3.63, 3.8) is 0 Å². The Hall–Kier alpha value is -1.54. The fourth-order valence-electron chi connectivity index (χ4n) is 0.669. The lowest BCUT2D eigenvalue weighted by atomic mass is 9.82. The van der Waals surface area contributed by atoms with Gasteiger partial charge in [-0.25, -0.2) is 4.98 Å². The quantitative estimate of drug-likeness (QED) is 0.303. The lowest BCUT2D eigenvalue weighted by Crippen LogP contribution is -2.33. The highest BCUT2D eigenvalue weighted by molar-refractivity contribution is 6.59. The van der Waals surface area contributed by atoms with E-state index in [-0.39, 0.29) is 5.46 Å². The third-order valence-electron chi connectivity index (χ3n) is 1.17. The van der Waals surface area contributed by atoms with Crippen LogP contribution in [0, 0.1) is 10.1 Å². The molecule has 0 aliphatic carbocycles. The van der Waals surface area contributed by atoms with E-state index in [0.29, 0.717) is 0 Å². The van der Waals surface area contributed by atoms with Crippen molar-refractivity contribution in [2.24, 2.45) is 0 Å². The monoisotopic (exact) mass is 169 g/mol. The van der Waals surface area contributed by atoms with Crippen molar-refractivity contribution < 1.29 is 15.0 Å². The average Bonchev–Trinajstić information content (AvgIpc) is 2.04. The zero-order valence-corrected chi connectivity index (χ0v) is 5.78. The average molecular weight is 169 g/mol. The second kappa shape index (κ2) is 3.24. The maximum absolute atomic E-state index is 10.2. The first-order valence-electron chi connectivity index (χ1n) is 2.93. The molecule has 0 spiro atoms. The molecule has 62 valence electrons. The molecule has 1 rings (SSSR count). The molecule has 7 nitrogen and oxygen atoms in total.